The molecule has 0 aliphatic heterocycles. The lowest BCUT2D eigenvalue weighted by atomic mass is 9.99. The zero-order valence-corrected chi connectivity index (χ0v) is 10.6. The van der Waals surface area contributed by atoms with Crippen LogP contribution in [0.25, 0.3) is 0 Å². The van der Waals surface area contributed by atoms with E-state index < -0.39 is 0 Å². The third-order valence-corrected chi connectivity index (χ3v) is 2.34. The highest BCUT2D eigenvalue weighted by Gasteiger charge is 2.09. The van der Waals surface area contributed by atoms with Crippen molar-refractivity contribution in [3.63, 3.8) is 0 Å². The number of carbonyl (C=O) groups excluding carboxylic acids is 1. The number of hydrogen-bond acceptors (Lipinski definition) is 2. The molecule has 0 saturated carbocycles. The molecule has 16 heavy (non-hydrogen) atoms. The van der Waals surface area contributed by atoms with Crippen LogP contribution in [0.3, 0.4) is 0 Å². The molecule has 3 heteroatoms. The topological polar surface area (TPSA) is 38.3 Å². The Morgan fingerprint density at radius 1 is 1.44 bits per heavy atom. The highest BCUT2D eigenvalue weighted by atomic mass is 16.5. The van der Waals surface area contributed by atoms with Crippen LogP contribution < -0.4 is 5.32 Å². The Kier molecular flexibility index (Phi) is 9.59. The van der Waals surface area contributed by atoms with E-state index in [0.717, 1.165) is 12.8 Å². The number of rotatable bonds is 7. The van der Waals surface area contributed by atoms with E-state index in [2.05, 4.69) is 24.1 Å². The molecule has 0 radical (unpaired) electrons. The normalized spacial score (nSPS) is 11.2. The number of nitrogens with one attached hydrogen (secondary N) is 1. The van der Waals surface area contributed by atoms with Gasteiger partial charge in [-0.2, -0.15) is 0 Å². The predicted molar refractivity (Wildman–Crippen MR) is 66.1 cm³/mol. The van der Waals surface area contributed by atoms with Crippen molar-refractivity contribution in [1.82, 2.24) is 5.32 Å². The monoisotopic (exact) mass is 225 g/mol. The lowest BCUT2D eigenvalue weighted by Gasteiger charge is -2.14. The fourth-order valence-electron chi connectivity index (χ4n) is 1.43. The number of alkyl carbamates (subject to hydrolysis) is 1. The minimum absolute atomic E-state index is 0.326. The molecule has 0 aromatic heterocycles. The van der Waals surface area contributed by atoms with E-state index >= 15 is 0 Å². The van der Waals surface area contributed by atoms with Gasteiger partial charge in [-0.05, 0) is 26.2 Å². The number of amides is 1. The van der Waals surface area contributed by atoms with Crippen LogP contribution in [-0.4, -0.2) is 19.2 Å². The van der Waals surface area contributed by atoms with Crippen LogP contribution in [0.2, 0.25) is 0 Å². The van der Waals surface area contributed by atoms with E-state index in [1.165, 1.54) is 12.8 Å². The fraction of sp³-hybridized carbons (Fsp3) is 0.769. The predicted octanol–water partition coefficient (Wildman–Crippen LogP) is 2.95. The first-order valence-corrected chi connectivity index (χ1v) is 6.04. The Morgan fingerprint density at radius 3 is 2.75 bits per heavy atom. The summed E-state index contributed by atoms with van der Waals surface area (Å²) in [6.07, 6.45) is 3.99. The highest BCUT2D eigenvalue weighted by molar-refractivity contribution is 5.67. The van der Waals surface area contributed by atoms with Crippen LogP contribution in [0.5, 0.6) is 0 Å². The molecule has 0 aliphatic carbocycles. The molecule has 0 aliphatic rings. The van der Waals surface area contributed by atoms with Gasteiger partial charge in [-0.25, -0.2) is 4.79 Å². The van der Waals surface area contributed by atoms with Gasteiger partial charge in [0, 0.05) is 13.0 Å². The molecule has 0 rings (SSSR count). The summed E-state index contributed by atoms with van der Waals surface area (Å²) in [5, 5.41) is 2.77. The average Bonchev–Trinajstić information content (AvgIpc) is 2.28. The van der Waals surface area contributed by atoms with E-state index in [-0.39, 0.29) is 6.09 Å². The van der Waals surface area contributed by atoms with Gasteiger partial charge in [0.15, 0.2) is 0 Å². The summed E-state index contributed by atoms with van der Waals surface area (Å²) < 4.78 is 4.82. The Labute approximate surface area is 98.9 Å². The summed E-state index contributed by atoms with van der Waals surface area (Å²) in [5.74, 6) is 6.41. The first kappa shape index (κ1) is 14.8. The molecular weight excluding hydrogens is 202 g/mol. The van der Waals surface area contributed by atoms with Crippen molar-refractivity contribution in [3.8, 4) is 11.8 Å². The maximum Gasteiger partial charge on any atom is 0.407 e. The van der Waals surface area contributed by atoms with Crippen molar-refractivity contribution in [2.24, 2.45) is 5.92 Å². The molecule has 0 aromatic carbocycles. The number of carbonyl (C=O) groups is 1. The summed E-state index contributed by atoms with van der Waals surface area (Å²) in [6.45, 7) is 6.89. The smallest absolute Gasteiger partial charge is 0.407 e. The van der Waals surface area contributed by atoms with Crippen LogP contribution in [-0.2, 0) is 4.74 Å². The van der Waals surface area contributed by atoms with Crippen LogP contribution in [0.1, 0.15) is 46.5 Å². The molecule has 0 saturated heterocycles. The zero-order valence-electron chi connectivity index (χ0n) is 10.6. The second kappa shape index (κ2) is 10.4. The van der Waals surface area contributed by atoms with Gasteiger partial charge in [-0.1, -0.05) is 19.8 Å². The van der Waals surface area contributed by atoms with E-state index in [1.807, 2.05) is 6.92 Å². The summed E-state index contributed by atoms with van der Waals surface area (Å²) >= 11 is 0. The van der Waals surface area contributed by atoms with Gasteiger partial charge in [0.2, 0.25) is 0 Å². The summed E-state index contributed by atoms with van der Waals surface area (Å²) in [6, 6.07) is 0. The molecular formula is C13H23NO2. The molecule has 0 spiro atoms. The van der Waals surface area contributed by atoms with Crippen molar-refractivity contribution < 1.29 is 9.53 Å². The van der Waals surface area contributed by atoms with E-state index in [9.17, 15) is 4.79 Å². The van der Waals surface area contributed by atoms with Crippen molar-refractivity contribution in [2.75, 3.05) is 13.2 Å². The second-order valence-corrected chi connectivity index (χ2v) is 3.74. The van der Waals surface area contributed by atoms with Crippen LogP contribution >= 0.6 is 0 Å². The maximum absolute atomic E-state index is 11.1. The van der Waals surface area contributed by atoms with Crippen molar-refractivity contribution >= 4 is 6.09 Å². The van der Waals surface area contributed by atoms with E-state index in [1.54, 1.807) is 6.92 Å². The Balaban J connectivity index is 3.88. The van der Waals surface area contributed by atoms with Crippen LogP contribution in [0.15, 0.2) is 0 Å². The second-order valence-electron chi connectivity index (χ2n) is 3.74. The van der Waals surface area contributed by atoms with Crippen LogP contribution in [0, 0.1) is 17.8 Å². The first-order chi connectivity index (χ1) is 7.74. The van der Waals surface area contributed by atoms with Crippen molar-refractivity contribution in [3.05, 3.63) is 0 Å². The molecule has 0 fully saturated rings. The number of ether oxygens (including phenoxy) is 1. The number of unbranched alkanes of at least 4 members (excludes halogenated alkanes) is 1. The Bertz CT molecular complexity index is 240. The molecule has 1 N–H and O–H groups in total. The first-order valence-electron chi connectivity index (χ1n) is 6.04. The summed E-state index contributed by atoms with van der Waals surface area (Å²) in [5.41, 5.74) is 0. The Hall–Kier alpha value is -1.17. The fourth-order valence-corrected chi connectivity index (χ4v) is 1.43. The summed E-state index contributed by atoms with van der Waals surface area (Å²) in [7, 11) is 0. The lowest BCUT2D eigenvalue weighted by Crippen LogP contribution is -2.29. The minimum atomic E-state index is -0.326. The third-order valence-electron chi connectivity index (χ3n) is 2.34. The standard InChI is InChI=1S/C13H23NO2/c1-4-7-9-12(10-8-5-2)11-14-13(15)16-6-3/h12H,4,6-7,9-11H2,1-3H3,(H,14,15). The summed E-state index contributed by atoms with van der Waals surface area (Å²) in [4.78, 5) is 11.1. The average molecular weight is 225 g/mol. The quantitative estimate of drug-likeness (QED) is 0.676. The van der Waals surface area contributed by atoms with Crippen molar-refractivity contribution in [2.45, 2.75) is 46.5 Å². The van der Waals surface area contributed by atoms with Gasteiger partial charge in [0.05, 0.1) is 6.61 Å². The molecule has 0 bridgehead atoms. The lowest BCUT2D eigenvalue weighted by molar-refractivity contribution is 0.150. The van der Waals surface area contributed by atoms with E-state index in [4.69, 9.17) is 4.74 Å². The van der Waals surface area contributed by atoms with Gasteiger partial charge in [0.1, 0.15) is 0 Å². The van der Waals surface area contributed by atoms with E-state index in [0.29, 0.717) is 19.1 Å². The van der Waals surface area contributed by atoms with Gasteiger partial charge < -0.3 is 10.1 Å². The molecule has 0 aromatic rings. The minimum Gasteiger partial charge on any atom is -0.450 e. The SMILES string of the molecule is CC#CCC(CCCC)CNC(=O)OCC. The van der Waals surface area contributed by atoms with Gasteiger partial charge in [-0.15, -0.1) is 11.8 Å². The maximum atomic E-state index is 11.1. The zero-order chi connectivity index (χ0) is 12.2. The molecule has 1 atom stereocenters. The molecule has 1 amide bonds. The van der Waals surface area contributed by atoms with Gasteiger partial charge in [0.25, 0.3) is 0 Å². The Morgan fingerprint density at radius 2 is 2.19 bits per heavy atom. The van der Waals surface area contributed by atoms with Crippen molar-refractivity contribution in [1.29, 1.82) is 0 Å². The highest BCUT2D eigenvalue weighted by Crippen LogP contribution is 2.11. The van der Waals surface area contributed by atoms with Crippen LogP contribution in [0.4, 0.5) is 4.79 Å². The largest absolute Gasteiger partial charge is 0.450 e. The third kappa shape index (κ3) is 8.16. The molecule has 0 heterocycles. The molecule has 1 unspecified atom stereocenters. The molecule has 3 nitrogen and oxygen atoms in total. The van der Waals surface area contributed by atoms with Gasteiger partial charge >= 0.3 is 6.09 Å². The molecule has 92 valence electrons. The van der Waals surface area contributed by atoms with Gasteiger partial charge in [-0.3, -0.25) is 0 Å². The number of hydrogen-bond donors (Lipinski definition) is 1.